The van der Waals surface area contributed by atoms with Gasteiger partial charge in [-0.2, -0.15) is 5.10 Å². The highest BCUT2D eigenvalue weighted by Gasteiger charge is 2.10. The van der Waals surface area contributed by atoms with Crippen LogP contribution >= 0.6 is 34.5 Å². The number of aromatic hydroxyl groups is 2. The van der Waals surface area contributed by atoms with Crippen molar-refractivity contribution in [1.29, 1.82) is 0 Å². The van der Waals surface area contributed by atoms with Gasteiger partial charge in [0.15, 0.2) is 0 Å². The van der Waals surface area contributed by atoms with Crippen molar-refractivity contribution in [2.24, 2.45) is 10.1 Å². The molecule has 0 unspecified atom stereocenters. The summed E-state index contributed by atoms with van der Waals surface area (Å²) < 4.78 is 1.65. The van der Waals surface area contributed by atoms with Crippen LogP contribution in [0.15, 0.2) is 64.5 Å². The van der Waals surface area contributed by atoms with E-state index in [1.54, 1.807) is 29.0 Å². The average Bonchev–Trinajstić information content (AvgIpc) is 3.04. The van der Waals surface area contributed by atoms with Crippen molar-refractivity contribution in [3.63, 3.8) is 0 Å². The third-order valence-corrected chi connectivity index (χ3v) is 5.18. The van der Waals surface area contributed by atoms with Gasteiger partial charge >= 0.3 is 0 Å². The quantitative estimate of drug-likeness (QED) is 0.455. The molecule has 0 saturated carbocycles. The zero-order valence-electron chi connectivity index (χ0n) is 14.0. The Morgan fingerprint density at radius 2 is 1.93 bits per heavy atom. The molecule has 0 saturated heterocycles. The Kier molecular flexibility index (Phi) is 6.01. The Balaban J connectivity index is 2.10. The number of phenols is 2. The maximum absolute atomic E-state index is 9.96. The lowest BCUT2D eigenvalue weighted by Crippen LogP contribution is -2.12. The summed E-state index contributed by atoms with van der Waals surface area (Å²) in [7, 11) is 0. The van der Waals surface area contributed by atoms with Crippen LogP contribution in [0.3, 0.4) is 0 Å². The highest BCUT2D eigenvalue weighted by molar-refractivity contribution is 7.07. The molecule has 0 aliphatic rings. The Morgan fingerprint density at radius 3 is 2.63 bits per heavy atom. The van der Waals surface area contributed by atoms with Gasteiger partial charge in [0.2, 0.25) is 4.80 Å². The molecule has 8 heteroatoms. The Morgan fingerprint density at radius 1 is 1.11 bits per heavy atom. The van der Waals surface area contributed by atoms with Crippen molar-refractivity contribution < 1.29 is 10.2 Å². The summed E-state index contributed by atoms with van der Waals surface area (Å²) in [6.45, 7) is 4.13. The second-order valence-corrected chi connectivity index (χ2v) is 7.11. The van der Waals surface area contributed by atoms with Crippen LogP contribution in [0.1, 0.15) is 5.56 Å². The highest BCUT2D eigenvalue weighted by Crippen LogP contribution is 2.29. The van der Waals surface area contributed by atoms with E-state index in [1.165, 1.54) is 29.7 Å². The molecule has 3 rings (SSSR count). The van der Waals surface area contributed by atoms with Crippen LogP contribution in [0.4, 0.5) is 0 Å². The molecular weight excluding hydrogens is 405 g/mol. The summed E-state index contributed by atoms with van der Waals surface area (Å²) in [5, 5.41) is 26.7. The predicted molar refractivity (Wildman–Crippen MR) is 111 cm³/mol. The number of nitrogens with zero attached hydrogens (tertiary/aromatic N) is 3. The van der Waals surface area contributed by atoms with Gasteiger partial charge in [0.05, 0.1) is 28.5 Å². The van der Waals surface area contributed by atoms with Crippen LogP contribution in [-0.4, -0.2) is 27.6 Å². The normalized spacial score (nSPS) is 12.0. The van der Waals surface area contributed by atoms with E-state index in [1.807, 2.05) is 11.4 Å². The summed E-state index contributed by atoms with van der Waals surface area (Å²) in [4.78, 5) is 5.11. The van der Waals surface area contributed by atoms with E-state index in [0.29, 0.717) is 27.0 Å². The van der Waals surface area contributed by atoms with Gasteiger partial charge in [-0.15, -0.1) is 17.9 Å². The summed E-state index contributed by atoms with van der Waals surface area (Å²) in [6, 6.07) is 9.62. The zero-order valence-corrected chi connectivity index (χ0v) is 16.3. The number of thiazole rings is 1. The maximum atomic E-state index is 9.96. The molecule has 2 aromatic carbocycles. The molecular formula is C19H15Cl2N3O2S. The van der Waals surface area contributed by atoms with E-state index >= 15 is 0 Å². The summed E-state index contributed by atoms with van der Waals surface area (Å²) in [5.74, 6) is -0.0961. The molecule has 1 aromatic heterocycles. The predicted octanol–water partition coefficient (Wildman–Crippen LogP) is 4.90. The maximum Gasteiger partial charge on any atom is 0.206 e. The molecule has 0 fully saturated rings. The van der Waals surface area contributed by atoms with Crippen LogP contribution in [-0.2, 0) is 0 Å². The topological polar surface area (TPSA) is 70.1 Å². The van der Waals surface area contributed by atoms with E-state index in [2.05, 4.69) is 16.7 Å². The molecule has 0 aliphatic heterocycles. The fourth-order valence-electron chi connectivity index (χ4n) is 2.28. The number of halogens is 2. The number of rotatable bonds is 5. The second-order valence-electron chi connectivity index (χ2n) is 5.46. The SMILES string of the molecule is C=CCN=c1scc(-c2ccc(Cl)c(Cl)c2)n1N=Cc1ccc(O)cc1O. The standard InChI is InChI=1S/C19H15Cl2N3O2S/c1-2-7-22-19-24(23-10-13-3-5-14(25)9-18(13)26)17(11-27-19)12-4-6-15(20)16(21)8-12/h2-6,8-11,25-26H,1,7H2. The number of benzene rings is 2. The van der Waals surface area contributed by atoms with Crippen molar-refractivity contribution >= 4 is 40.8 Å². The van der Waals surface area contributed by atoms with Gasteiger partial charge in [-0.1, -0.05) is 35.3 Å². The lowest BCUT2D eigenvalue weighted by Gasteiger charge is -2.05. The molecule has 27 heavy (non-hydrogen) atoms. The first-order valence-electron chi connectivity index (χ1n) is 7.83. The minimum atomic E-state index is -0.0738. The van der Waals surface area contributed by atoms with E-state index < -0.39 is 0 Å². The molecule has 0 radical (unpaired) electrons. The average molecular weight is 420 g/mol. The van der Waals surface area contributed by atoms with E-state index in [9.17, 15) is 10.2 Å². The van der Waals surface area contributed by atoms with Crippen LogP contribution in [0.2, 0.25) is 10.0 Å². The molecule has 138 valence electrons. The molecule has 3 aromatic rings. The fourth-order valence-corrected chi connectivity index (χ4v) is 3.42. The zero-order chi connectivity index (χ0) is 19.4. The third kappa shape index (κ3) is 4.42. The van der Waals surface area contributed by atoms with Crippen molar-refractivity contribution in [3.05, 3.63) is 74.8 Å². The molecule has 0 bridgehead atoms. The first-order valence-corrected chi connectivity index (χ1v) is 9.47. The third-order valence-electron chi connectivity index (χ3n) is 3.58. The van der Waals surface area contributed by atoms with Crippen molar-refractivity contribution in [1.82, 2.24) is 4.68 Å². The van der Waals surface area contributed by atoms with Gasteiger partial charge in [-0.3, -0.25) is 4.99 Å². The van der Waals surface area contributed by atoms with Crippen molar-refractivity contribution in [3.8, 4) is 22.8 Å². The van der Waals surface area contributed by atoms with E-state index in [4.69, 9.17) is 23.2 Å². The molecule has 0 amide bonds. The number of phenolic OH excluding ortho intramolecular Hbond substituents is 2. The summed E-state index contributed by atoms with van der Waals surface area (Å²) in [6.07, 6.45) is 3.19. The van der Waals surface area contributed by atoms with E-state index in [-0.39, 0.29) is 11.5 Å². The molecule has 0 aliphatic carbocycles. The van der Waals surface area contributed by atoms with Gasteiger partial charge in [0.25, 0.3) is 0 Å². The Hall–Kier alpha value is -2.54. The van der Waals surface area contributed by atoms with Crippen LogP contribution < -0.4 is 4.80 Å². The molecule has 0 spiro atoms. The van der Waals surface area contributed by atoms with Crippen LogP contribution in [0.25, 0.3) is 11.3 Å². The molecule has 5 nitrogen and oxygen atoms in total. The van der Waals surface area contributed by atoms with Crippen molar-refractivity contribution in [2.45, 2.75) is 0 Å². The largest absolute Gasteiger partial charge is 0.508 e. The van der Waals surface area contributed by atoms with Gasteiger partial charge in [0, 0.05) is 22.6 Å². The fraction of sp³-hybridized carbons (Fsp3) is 0.0526. The van der Waals surface area contributed by atoms with Crippen molar-refractivity contribution in [2.75, 3.05) is 6.54 Å². The number of aromatic nitrogens is 1. The minimum Gasteiger partial charge on any atom is -0.508 e. The van der Waals surface area contributed by atoms with E-state index in [0.717, 1.165) is 11.3 Å². The summed E-state index contributed by atoms with van der Waals surface area (Å²) in [5.41, 5.74) is 2.06. The smallest absolute Gasteiger partial charge is 0.206 e. The van der Waals surface area contributed by atoms with Gasteiger partial charge in [0.1, 0.15) is 11.5 Å². The Labute approximate surface area is 169 Å². The van der Waals surface area contributed by atoms with Crippen LogP contribution in [0.5, 0.6) is 11.5 Å². The molecule has 2 N–H and O–H groups in total. The lowest BCUT2D eigenvalue weighted by atomic mass is 10.2. The Bertz CT molecular complexity index is 1090. The minimum absolute atomic E-state index is 0.0222. The first kappa shape index (κ1) is 19.2. The molecule has 0 atom stereocenters. The number of hydrogen-bond acceptors (Lipinski definition) is 5. The second kappa shape index (κ2) is 8.43. The van der Waals surface area contributed by atoms with Gasteiger partial charge < -0.3 is 10.2 Å². The van der Waals surface area contributed by atoms with Gasteiger partial charge in [-0.25, -0.2) is 4.68 Å². The number of hydrogen-bond donors (Lipinski definition) is 2. The summed E-state index contributed by atoms with van der Waals surface area (Å²) >= 11 is 13.6. The highest BCUT2D eigenvalue weighted by atomic mass is 35.5. The lowest BCUT2D eigenvalue weighted by molar-refractivity contribution is 0.450. The monoisotopic (exact) mass is 419 g/mol. The molecule has 1 heterocycles. The van der Waals surface area contributed by atoms with Crippen LogP contribution in [0, 0.1) is 0 Å². The van der Waals surface area contributed by atoms with Gasteiger partial charge in [-0.05, 0) is 24.3 Å². The first-order chi connectivity index (χ1) is 13.0.